The van der Waals surface area contributed by atoms with E-state index in [0.717, 1.165) is 0 Å². The Hall–Kier alpha value is -1.96. The van der Waals surface area contributed by atoms with Gasteiger partial charge in [0.2, 0.25) is 0 Å². The SMILES string of the molecule is CCCN(CC(=O)OC)C(=O)c1cccc([N+](=O)[O-])c1Br. The third-order valence-electron chi connectivity index (χ3n) is 2.73. The Balaban J connectivity index is 3.12. The summed E-state index contributed by atoms with van der Waals surface area (Å²) in [6.45, 7) is 2.02. The van der Waals surface area contributed by atoms with E-state index in [9.17, 15) is 19.7 Å². The van der Waals surface area contributed by atoms with Crippen LogP contribution >= 0.6 is 15.9 Å². The number of rotatable bonds is 6. The lowest BCUT2D eigenvalue weighted by Crippen LogP contribution is -2.37. The fraction of sp³-hybridized carbons (Fsp3) is 0.385. The van der Waals surface area contributed by atoms with E-state index in [1.165, 1.54) is 30.2 Å². The molecule has 0 fully saturated rings. The Morgan fingerprint density at radius 1 is 1.43 bits per heavy atom. The number of nitro groups is 1. The van der Waals surface area contributed by atoms with Gasteiger partial charge in [-0.1, -0.05) is 13.0 Å². The van der Waals surface area contributed by atoms with E-state index in [1.54, 1.807) is 0 Å². The molecule has 0 atom stereocenters. The summed E-state index contributed by atoms with van der Waals surface area (Å²) < 4.78 is 4.66. The molecule has 21 heavy (non-hydrogen) atoms. The summed E-state index contributed by atoms with van der Waals surface area (Å²) in [7, 11) is 1.24. The van der Waals surface area contributed by atoms with Gasteiger partial charge in [0, 0.05) is 12.6 Å². The highest BCUT2D eigenvalue weighted by atomic mass is 79.9. The van der Waals surface area contributed by atoms with Crippen molar-refractivity contribution in [3.8, 4) is 0 Å². The zero-order valence-electron chi connectivity index (χ0n) is 11.7. The first kappa shape index (κ1) is 17.1. The van der Waals surface area contributed by atoms with Crippen molar-refractivity contribution in [3.05, 3.63) is 38.3 Å². The molecule has 0 saturated heterocycles. The summed E-state index contributed by atoms with van der Waals surface area (Å²) in [6, 6.07) is 4.20. The van der Waals surface area contributed by atoms with Gasteiger partial charge in [-0.25, -0.2) is 0 Å². The maximum absolute atomic E-state index is 12.4. The van der Waals surface area contributed by atoms with E-state index in [0.29, 0.717) is 13.0 Å². The van der Waals surface area contributed by atoms with Crippen LogP contribution in [0.1, 0.15) is 23.7 Å². The van der Waals surface area contributed by atoms with Crippen LogP contribution in [0.5, 0.6) is 0 Å². The number of halogens is 1. The van der Waals surface area contributed by atoms with Crippen molar-refractivity contribution in [2.75, 3.05) is 20.2 Å². The molecular formula is C13H15BrN2O5. The number of amides is 1. The highest BCUT2D eigenvalue weighted by molar-refractivity contribution is 9.10. The molecule has 0 aliphatic carbocycles. The molecule has 0 radical (unpaired) electrons. The van der Waals surface area contributed by atoms with Gasteiger partial charge in [-0.2, -0.15) is 0 Å². The lowest BCUT2D eigenvalue weighted by Gasteiger charge is -2.21. The molecule has 0 saturated carbocycles. The average Bonchev–Trinajstić information content (AvgIpc) is 2.45. The molecule has 0 heterocycles. The third kappa shape index (κ3) is 4.25. The number of hydrogen-bond donors (Lipinski definition) is 0. The summed E-state index contributed by atoms with van der Waals surface area (Å²) in [5, 5.41) is 10.9. The lowest BCUT2D eigenvalue weighted by molar-refractivity contribution is -0.385. The van der Waals surface area contributed by atoms with Crippen molar-refractivity contribution in [2.24, 2.45) is 0 Å². The number of nitro benzene ring substituents is 1. The molecule has 0 N–H and O–H groups in total. The Kier molecular flexibility index (Phi) is 6.29. The molecular weight excluding hydrogens is 344 g/mol. The van der Waals surface area contributed by atoms with Crippen molar-refractivity contribution >= 4 is 33.5 Å². The third-order valence-corrected chi connectivity index (χ3v) is 3.57. The number of hydrogen-bond acceptors (Lipinski definition) is 5. The number of methoxy groups -OCH3 is 1. The Morgan fingerprint density at radius 2 is 2.10 bits per heavy atom. The summed E-state index contributed by atoms with van der Waals surface area (Å²) in [4.78, 5) is 35.4. The predicted molar refractivity (Wildman–Crippen MR) is 79.0 cm³/mol. The quantitative estimate of drug-likeness (QED) is 0.442. The van der Waals surface area contributed by atoms with E-state index in [1.807, 2.05) is 6.92 Å². The van der Waals surface area contributed by atoms with Gasteiger partial charge in [-0.05, 0) is 28.4 Å². The first-order valence-electron chi connectivity index (χ1n) is 6.21. The second-order valence-corrected chi connectivity index (χ2v) is 4.99. The molecule has 8 heteroatoms. The number of carbonyl (C=O) groups is 2. The van der Waals surface area contributed by atoms with Gasteiger partial charge >= 0.3 is 5.97 Å². The number of benzene rings is 1. The first-order valence-corrected chi connectivity index (χ1v) is 7.00. The number of ether oxygens (including phenoxy) is 1. The predicted octanol–water partition coefficient (Wildman–Crippen LogP) is 2.38. The molecule has 0 aliphatic rings. The van der Waals surface area contributed by atoms with Gasteiger partial charge in [-0.3, -0.25) is 19.7 Å². The van der Waals surface area contributed by atoms with Crippen LogP contribution in [0.3, 0.4) is 0 Å². The minimum atomic E-state index is -0.578. The summed E-state index contributed by atoms with van der Waals surface area (Å²) in [5.74, 6) is -1.00. The molecule has 1 amide bonds. The molecule has 1 rings (SSSR count). The summed E-state index contributed by atoms with van der Waals surface area (Å²) in [5.41, 5.74) is -0.0584. The smallest absolute Gasteiger partial charge is 0.325 e. The van der Waals surface area contributed by atoms with Crippen LogP contribution in [0.15, 0.2) is 22.7 Å². The summed E-state index contributed by atoms with van der Waals surface area (Å²) in [6.07, 6.45) is 0.648. The topological polar surface area (TPSA) is 89.8 Å². The maximum atomic E-state index is 12.4. The normalized spacial score (nSPS) is 10.0. The standard InChI is InChI=1S/C13H15BrN2O5/c1-3-7-15(8-11(17)21-2)13(18)9-5-4-6-10(12(9)14)16(19)20/h4-6H,3,7-8H2,1-2H3. The van der Waals surface area contributed by atoms with Crippen molar-refractivity contribution in [2.45, 2.75) is 13.3 Å². The second kappa shape index (κ2) is 7.72. The van der Waals surface area contributed by atoms with Crippen LogP contribution in [-0.4, -0.2) is 41.9 Å². The van der Waals surface area contributed by atoms with Gasteiger partial charge in [0.15, 0.2) is 0 Å². The van der Waals surface area contributed by atoms with Crippen molar-refractivity contribution in [1.82, 2.24) is 4.90 Å². The van der Waals surface area contributed by atoms with Crippen LogP contribution in [-0.2, 0) is 9.53 Å². The number of carbonyl (C=O) groups excluding carboxylic acids is 2. The molecule has 1 aromatic rings. The van der Waals surface area contributed by atoms with Gasteiger partial charge < -0.3 is 9.64 Å². The van der Waals surface area contributed by atoms with Crippen LogP contribution in [0, 0.1) is 10.1 Å². The molecule has 0 aromatic heterocycles. The fourth-order valence-electron chi connectivity index (χ4n) is 1.74. The average molecular weight is 359 g/mol. The van der Waals surface area contributed by atoms with E-state index in [4.69, 9.17) is 0 Å². The molecule has 0 unspecified atom stereocenters. The Morgan fingerprint density at radius 3 is 2.62 bits per heavy atom. The monoisotopic (exact) mass is 358 g/mol. The zero-order chi connectivity index (χ0) is 16.0. The zero-order valence-corrected chi connectivity index (χ0v) is 13.3. The highest BCUT2D eigenvalue weighted by Gasteiger charge is 2.24. The highest BCUT2D eigenvalue weighted by Crippen LogP contribution is 2.29. The van der Waals surface area contributed by atoms with Crippen molar-refractivity contribution < 1.29 is 19.2 Å². The van der Waals surface area contributed by atoms with E-state index in [2.05, 4.69) is 20.7 Å². The minimum Gasteiger partial charge on any atom is -0.468 e. The van der Waals surface area contributed by atoms with Crippen LogP contribution in [0.2, 0.25) is 0 Å². The van der Waals surface area contributed by atoms with Crippen LogP contribution < -0.4 is 0 Å². The summed E-state index contributed by atoms with van der Waals surface area (Å²) >= 11 is 3.08. The number of esters is 1. The molecule has 114 valence electrons. The molecule has 7 nitrogen and oxygen atoms in total. The first-order chi connectivity index (χ1) is 9.92. The fourth-order valence-corrected chi connectivity index (χ4v) is 2.32. The maximum Gasteiger partial charge on any atom is 0.325 e. The molecule has 0 bridgehead atoms. The van der Waals surface area contributed by atoms with E-state index in [-0.39, 0.29) is 22.3 Å². The van der Waals surface area contributed by atoms with Gasteiger partial charge in [0.25, 0.3) is 11.6 Å². The lowest BCUT2D eigenvalue weighted by atomic mass is 10.1. The molecule has 0 spiro atoms. The van der Waals surface area contributed by atoms with Gasteiger partial charge in [-0.15, -0.1) is 0 Å². The second-order valence-electron chi connectivity index (χ2n) is 4.20. The van der Waals surface area contributed by atoms with Crippen molar-refractivity contribution in [1.29, 1.82) is 0 Å². The minimum absolute atomic E-state index is 0.103. The number of nitrogens with zero attached hydrogens (tertiary/aromatic N) is 2. The van der Waals surface area contributed by atoms with Crippen molar-refractivity contribution in [3.63, 3.8) is 0 Å². The largest absolute Gasteiger partial charge is 0.468 e. The Bertz CT molecular complexity index is 561. The van der Waals surface area contributed by atoms with Gasteiger partial charge in [0.05, 0.1) is 17.6 Å². The Labute approximate surface area is 130 Å². The molecule has 1 aromatic carbocycles. The van der Waals surface area contributed by atoms with E-state index >= 15 is 0 Å². The van der Waals surface area contributed by atoms with Gasteiger partial charge in [0.1, 0.15) is 11.0 Å². The van der Waals surface area contributed by atoms with Crippen LogP contribution in [0.25, 0.3) is 0 Å². The molecule has 0 aliphatic heterocycles. The van der Waals surface area contributed by atoms with Crippen LogP contribution in [0.4, 0.5) is 5.69 Å². The van der Waals surface area contributed by atoms with E-state index < -0.39 is 16.8 Å².